The minimum atomic E-state index is -4.58. The molecule has 0 aromatic heterocycles. The zero-order valence-electron chi connectivity index (χ0n) is 7.05. The van der Waals surface area contributed by atoms with Crippen molar-refractivity contribution < 1.29 is 13.2 Å². The SMILES string of the molecule is N#C/C(=C\c1ccccc1)C(F)(F)F. The molecule has 1 nitrogen and oxygen atoms in total. The van der Waals surface area contributed by atoms with E-state index in [9.17, 15) is 13.2 Å². The molecule has 0 aliphatic carbocycles. The second kappa shape index (κ2) is 3.97. The van der Waals surface area contributed by atoms with Crippen molar-refractivity contribution in [1.82, 2.24) is 0 Å². The van der Waals surface area contributed by atoms with Gasteiger partial charge in [0.1, 0.15) is 11.6 Å². The lowest BCUT2D eigenvalue weighted by atomic mass is 10.1. The van der Waals surface area contributed by atoms with E-state index in [0.717, 1.165) is 12.1 Å². The van der Waals surface area contributed by atoms with Crippen LogP contribution in [0.4, 0.5) is 13.2 Å². The van der Waals surface area contributed by atoms with Gasteiger partial charge < -0.3 is 0 Å². The number of nitrogens with zero attached hydrogens (tertiary/aromatic N) is 1. The lowest BCUT2D eigenvalue weighted by molar-refractivity contribution is -0.0864. The van der Waals surface area contributed by atoms with Crippen molar-refractivity contribution in [2.45, 2.75) is 6.18 Å². The molecule has 4 heteroatoms. The third kappa shape index (κ3) is 2.63. The minimum Gasteiger partial charge on any atom is -0.192 e. The Morgan fingerprint density at radius 2 is 1.79 bits per heavy atom. The quantitative estimate of drug-likeness (QED) is 0.634. The van der Waals surface area contributed by atoms with Crippen molar-refractivity contribution in [3.63, 3.8) is 0 Å². The Labute approximate surface area is 79.1 Å². The summed E-state index contributed by atoms with van der Waals surface area (Å²) in [6.45, 7) is 0. The highest BCUT2D eigenvalue weighted by Gasteiger charge is 2.33. The van der Waals surface area contributed by atoms with Crippen molar-refractivity contribution in [3.8, 4) is 6.07 Å². The van der Waals surface area contributed by atoms with Crippen LogP contribution >= 0.6 is 0 Å². The first-order valence-corrected chi connectivity index (χ1v) is 3.78. The molecule has 1 aromatic carbocycles. The highest BCUT2D eigenvalue weighted by atomic mass is 19.4. The van der Waals surface area contributed by atoms with Crippen LogP contribution in [0.1, 0.15) is 5.56 Å². The van der Waals surface area contributed by atoms with Crippen molar-refractivity contribution in [1.29, 1.82) is 5.26 Å². The molecule has 0 spiro atoms. The van der Waals surface area contributed by atoms with E-state index in [-0.39, 0.29) is 0 Å². The molecule has 0 aliphatic rings. The molecule has 0 bridgehead atoms. The Morgan fingerprint density at radius 1 is 1.21 bits per heavy atom. The second-order valence-corrected chi connectivity index (χ2v) is 2.58. The maximum Gasteiger partial charge on any atom is 0.426 e. The number of benzene rings is 1. The summed E-state index contributed by atoms with van der Waals surface area (Å²) >= 11 is 0. The maximum absolute atomic E-state index is 12.1. The molecular weight excluding hydrogens is 191 g/mol. The Balaban J connectivity index is 3.04. The molecule has 0 unspecified atom stereocenters. The minimum absolute atomic E-state index is 0.362. The van der Waals surface area contributed by atoms with Gasteiger partial charge in [-0.2, -0.15) is 18.4 Å². The van der Waals surface area contributed by atoms with Gasteiger partial charge in [0.05, 0.1) is 0 Å². The Hall–Kier alpha value is -1.76. The topological polar surface area (TPSA) is 23.8 Å². The summed E-state index contributed by atoms with van der Waals surface area (Å²) in [7, 11) is 0. The van der Waals surface area contributed by atoms with Crippen LogP contribution in [-0.2, 0) is 0 Å². The average Bonchev–Trinajstić information content (AvgIpc) is 2.14. The summed E-state index contributed by atoms with van der Waals surface area (Å²) in [4.78, 5) is 0. The van der Waals surface area contributed by atoms with Crippen molar-refractivity contribution in [2.24, 2.45) is 0 Å². The van der Waals surface area contributed by atoms with Gasteiger partial charge in [0, 0.05) is 0 Å². The summed E-state index contributed by atoms with van der Waals surface area (Å²) in [6, 6.07) is 9.04. The van der Waals surface area contributed by atoms with Crippen molar-refractivity contribution in [2.75, 3.05) is 0 Å². The third-order valence-electron chi connectivity index (χ3n) is 1.54. The molecule has 1 aromatic rings. The molecule has 0 atom stereocenters. The molecule has 0 amide bonds. The van der Waals surface area contributed by atoms with Crippen LogP contribution in [0.15, 0.2) is 35.9 Å². The number of halogens is 3. The van der Waals surface area contributed by atoms with Crippen LogP contribution in [0.3, 0.4) is 0 Å². The molecule has 0 aliphatic heterocycles. The molecule has 14 heavy (non-hydrogen) atoms. The number of allylic oxidation sites excluding steroid dienone is 1. The fourth-order valence-electron chi connectivity index (χ4n) is 0.893. The summed E-state index contributed by atoms with van der Waals surface area (Å²) in [5, 5.41) is 8.28. The maximum atomic E-state index is 12.1. The van der Waals surface area contributed by atoms with Crippen LogP contribution in [0.25, 0.3) is 6.08 Å². The lowest BCUT2D eigenvalue weighted by Crippen LogP contribution is -2.09. The van der Waals surface area contributed by atoms with E-state index in [1.54, 1.807) is 18.2 Å². The molecule has 0 N–H and O–H groups in total. The van der Waals surface area contributed by atoms with Crippen LogP contribution in [0.2, 0.25) is 0 Å². The summed E-state index contributed by atoms with van der Waals surface area (Å²) in [5.41, 5.74) is -0.829. The predicted molar refractivity (Wildman–Crippen MR) is 46.1 cm³/mol. The number of alkyl halides is 3. The van der Waals surface area contributed by atoms with Gasteiger partial charge in [-0.05, 0) is 11.6 Å². The van der Waals surface area contributed by atoms with E-state index in [1.165, 1.54) is 12.1 Å². The van der Waals surface area contributed by atoms with E-state index in [0.29, 0.717) is 5.56 Å². The highest BCUT2D eigenvalue weighted by molar-refractivity contribution is 5.58. The van der Waals surface area contributed by atoms with Gasteiger partial charge in [-0.3, -0.25) is 0 Å². The number of nitriles is 1. The average molecular weight is 197 g/mol. The standard InChI is InChI=1S/C10H6F3N/c11-10(12,13)9(7-14)6-8-4-2-1-3-5-8/h1-6H/b9-6+. The highest BCUT2D eigenvalue weighted by Crippen LogP contribution is 2.26. The van der Waals surface area contributed by atoms with Crippen LogP contribution in [0.5, 0.6) is 0 Å². The van der Waals surface area contributed by atoms with Crippen LogP contribution in [0, 0.1) is 11.3 Å². The van der Waals surface area contributed by atoms with Gasteiger partial charge in [-0.25, -0.2) is 0 Å². The van der Waals surface area contributed by atoms with Gasteiger partial charge in [0.2, 0.25) is 0 Å². The zero-order valence-corrected chi connectivity index (χ0v) is 7.05. The molecular formula is C10H6F3N. The van der Waals surface area contributed by atoms with Crippen LogP contribution in [-0.4, -0.2) is 6.18 Å². The monoisotopic (exact) mass is 197 g/mol. The molecule has 0 saturated carbocycles. The molecule has 0 saturated heterocycles. The molecule has 0 fully saturated rings. The lowest BCUT2D eigenvalue weighted by Gasteiger charge is -2.03. The zero-order chi connectivity index (χ0) is 10.6. The fraction of sp³-hybridized carbons (Fsp3) is 0.100. The molecule has 72 valence electrons. The molecule has 1 rings (SSSR count). The Bertz CT molecular complexity index is 371. The number of hydrogen-bond acceptors (Lipinski definition) is 1. The molecule has 0 radical (unpaired) electrons. The van der Waals surface area contributed by atoms with Gasteiger partial charge in [-0.1, -0.05) is 30.3 Å². The first-order chi connectivity index (χ1) is 6.54. The Morgan fingerprint density at radius 3 is 2.21 bits per heavy atom. The fourth-order valence-corrected chi connectivity index (χ4v) is 0.893. The van der Waals surface area contributed by atoms with Crippen molar-refractivity contribution >= 4 is 6.08 Å². The van der Waals surface area contributed by atoms with E-state index >= 15 is 0 Å². The Kier molecular flexibility index (Phi) is 2.92. The first-order valence-electron chi connectivity index (χ1n) is 3.78. The van der Waals surface area contributed by atoms with E-state index in [1.807, 2.05) is 0 Å². The third-order valence-corrected chi connectivity index (χ3v) is 1.54. The van der Waals surface area contributed by atoms with Crippen molar-refractivity contribution in [3.05, 3.63) is 41.5 Å². The van der Waals surface area contributed by atoms with E-state index in [2.05, 4.69) is 0 Å². The first kappa shape index (κ1) is 10.3. The predicted octanol–water partition coefficient (Wildman–Crippen LogP) is 3.16. The summed E-state index contributed by atoms with van der Waals surface area (Å²) in [6.07, 6.45) is -3.76. The van der Waals surface area contributed by atoms with E-state index < -0.39 is 11.7 Å². The van der Waals surface area contributed by atoms with Gasteiger partial charge in [-0.15, -0.1) is 0 Å². The smallest absolute Gasteiger partial charge is 0.192 e. The summed E-state index contributed by atoms with van der Waals surface area (Å²) in [5.74, 6) is 0. The van der Waals surface area contributed by atoms with Crippen LogP contribution < -0.4 is 0 Å². The van der Waals surface area contributed by atoms with Gasteiger partial charge in [0.15, 0.2) is 0 Å². The van der Waals surface area contributed by atoms with E-state index in [4.69, 9.17) is 5.26 Å². The van der Waals surface area contributed by atoms with Gasteiger partial charge in [0.25, 0.3) is 0 Å². The number of rotatable bonds is 1. The largest absolute Gasteiger partial charge is 0.426 e. The molecule has 0 heterocycles. The number of hydrogen-bond donors (Lipinski definition) is 0. The second-order valence-electron chi connectivity index (χ2n) is 2.58. The normalized spacial score (nSPS) is 12.3. The summed E-state index contributed by atoms with van der Waals surface area (Å²) < 4.78 is 36.3. The van der Waals surface area contributed by atoms with Gasteiger partial charge >= 0.3 is 6.18 Å².